The van der Waals surface area contributed by atoms with Gasteiger partial charge in [0.2, 0.25) is 0 Å². The monoisotopic (exact) mass is 245 g/mol. The molecule has 1 saturated carbocycles. The lowest BCUT2D eigenvalue weighted by molar-refractivity contribution is -0.00402. The number of hydrogen-bond acceptors (Lipinski definition) is 2. The molecule has 17 heavy (non-hydrogen) atoms. The average Bonchev–Trinajstić information content (AvgIpc) is 2.52. The molecule has 0 saturated heterocycles. The third-order valence-electron chi connectivity index (χ3n) is 3.26. The molecule has 0 radical (unpaired) electrons. The molecule has 0 bridgehead atoms. The number of rotatable bonds is 2. The van der Waals surface area contributed by atoms with Crippen LogP contribution < -0.4 is 5.73 Å². The van der Waals surface area contributed by atoms with Gasteiger partial charge in [-0.05, 0) is 6.07 Å². The molecule has 1 aliphatic rings. The highest BCUT2D eigenvalue weighted by Gasteiger charge is 2.48. The maximum Gasteiger partial charge on any atom is 0.251 e. The molecule has 1 aliphatic carbocycles. The van der Waals surface area contributed by atoms with Crippen LogP contribution in [-0.4, -0.2) is 17.1 Å². The summed E-state index contributed by atoms with van der Waals surface area (Å²) in [7, 11) is 0. The van der Waals surface area contributed by atoms with Crippen molar-refractivity contribution in [1.29, 1.82) is 0 Å². The summed E-state index contributed by atoms with van der Waals surface area (Å²) >= 11 is 0. The second kappa shape index (κ2) is 4.31. The second-order valence-corrected chi connectivity index (χ2v) is 4.54. The number of benzene rings is 1. The van der Waals surface area contributed by atoms with Gasteiger partial charge in [-0.15, -0.1) is 0 Å². The topological polar surface area (TPSA) is 46.2 Å². The minimum absolute atomic E-state index is 0.175. The van der Waals surface area contributed by atoms with Gasteiger partial charge in [-0.1, -0.05) is 18.2 Å². The Hall–Kier alpha value is -1.07. The predicted octanol–water partition coefficient (Wildman–Crippen LogP) is 2.23. The zero-order valence-corrected chi connectivity index (χ0v) is 9.11. The van der Waals surface area contributed by atoms with Crippen LogP contribution in [0.1, 0.15) is 24.4 Å². The van der Waals surface area contributed by atoms with Crippen molar-refractivity contribution in [1.82, 2.24) is 0 Å². The fourth-order valence-corrected chi connectivity index (χ4v) is 2.36. The molecule has 1 aromatic carbocycles. The van der Waals surface area contributed by atoms with E-state index < -0.39 is 42.6 Å². The Morgan fingerprint density at radius 1 is 1.29 bits per heavy atom. The SMILES string of the molecule is N[C@H](c1ccccc1F)[C@H]1CC(F)(F)C[C@H]1O. The first-order valence-electron chi connectivity index (χ1n) is 5.46. The van der Waals surface area contributed by atoms with Crippen molar-refractivity contribution in [2.24, 2.45) is 11.7 Å². The van der Waals surface area contributed by atoms with Gasteiger partial charge in [0.25, 0.3) is 5.92 Å². The van der Waals surface area contributed by atoms with Crippen LogP contribution in [0, 0.1) is 11.7 Å². The molecule has 0 heterocycles. The molecule has 0 unspecified atom stereocenters. The number of hydrogen-bond donors (Lipinski definition) is 2. The Labute approximate surface area is 97.2 Å². The Morgan fingerprint density at radius 2 is 1.94 bits per heavy atom. The van der Waals surface area contributed by atoms with Crippen LogP contribution in [0.5, 0.6) is 0 Å². The van der Waals surface area contributed by atoms with E-state index in [0.717, 1.165) is 0 Å². The first kappa shape index (κ1) is 12.4. The second-order valence-electron chi connectivity index (χ2n) is 4.54. The highest BCUT2D eigenvalue weighted by atomic mass is 19.3. The summed E-state index contributed by atoms with van der Waals surface area (Å²) in [5.74, 6) is -4.24. The average molecular weight is 245 g/mol. The molecule has 94 valence electrons. The van der Waals surface area contributed by atoms with E-state index in [9.17, 15) is 18.3 Å². The largest absolute Gasteiger partial charge is 0.393 e. The van der Waals surface area contributed by atoms with Crippen LogP contribution in [0.3, 0.4) is 0 Å². The van der Waals surface area contributed by atoms with Gasteiger partial charge in [0.15, 0.2) is 0 Å². The molecule has 3 atom stereocenters. The quantitative estimate of drug-likeness (QED) is 0.839. The van der Waals surface area contributed by atoms with Gasteiger partial charge >= 0.3 is 0 Å². The highest BCUT2D eigenvalue weighted by Crippen LogP contribution is 2.44. The Balaban J connectivity index is 2.22. The molecule has 3 N–H and O–H groups in total. The van der Waals surface area contributed by atoms with Crippen LogP contribution in [0.4, 0.5) is 13.2 Å². The number of aliphatic hydroxyl groups is 1. The van der Waals surface area contributed by atoms with Gasteiger partial charge in [-0.25, -0.2) is 13.2 Å². The van der Waals surface area contributed by atoms with E-state index >= 15 is 0 Å². The van der Waals surface area contributed by atoms with Crippen molar-refractivity contribution in [2.45, 2.75) is 30.9 Å². The molecule has 0 aliphatic heterocycles. The third-order valence-corrected chi connectivity index (χ3v) is 3.26. The minimum atomic E-state index is -2.91. The van der Waals surface area contributed by atoms with E-state index in [2.05, 4.69) is 0 Å². The van der Waals surface area contributed by atoms with Crippen LogP contribution in [0.15, 0.2) is 24.3 Å². The third kappa shape index (κ3) is 2.45. The van der Waals surface area contributed by atoms with Gasteiger partial charge in [0, 0.05) is 30.4 Å². The fraction of sp³-hybridized carbons (Fsp3) is 0.500. The Bertz CT molecular complexity index is 410. The molecule has 0 amide bonds. The zero-order valence-electron chi connectivity index (χ0n) is 9.11. The minimum Gasteiger partial charge on any atom is -0.393 e. The predicted molar refractivity (Wildman–Crippen MR) is 57.0 cm³/mol. The molecular formula is C12H14F3NO. The summed E-state index contributed by atoms with van der Waals surface area (Å²) in [5, 5.41) is 9.56. The maximum absolute atomic E-state index is 13.5. The van der Waals surface area contributed by atoms with Crippen molar-refractivity contribution in [3.63, 3.8) is 0 Å². The van der Waals surface area contributed by atoms with Crippen molar-refractivity contribution in [3.8, 4) is 0 Å². The normalized spacial score (nSPS) is 29.2. The molecule has 0 spiro atoms. The molecule has 2 rings (SSSR count). The smallest absolute Gasteiger partial charge is 0.251 e. The van der Waals surface area contributed by atoms with E-state index in [1.54, 1.807) is 6.07 Å². The van der Waals surface area contributed by atoms with E-state index in [1.807, 2.05) is 0 Å². The fourth-order valence-electron chi connectivity index (χ4n) is 2.36. The summed E-state index contributed by atoms with van der Waals surface area (Å²) in [6.45, 7) is 0. The zero-order chi connectivity index (χ0) is 12.6. The van der Waals surface area contributed by atoms with Crippen LogP contribution >= 0.6 is 0 Å². The number of alkyl halides is 2. The Kier molecular flexibility index (Phi) is 3.14. The van der Waals surface area contributed by atoms with Crippen molar-refractivity contribution in [2.75, 3.05) is 0 Å². The number of aliphatic hydroxyl groups excluding tert-OH is 1. The number of nitrogens with two attached hydrogens (primary N) is 1. The first-order chi connectivity index (χ1) is 7.91. The van der Waals surface area contributed by atoms with Crippen molar-refractivity contribution in [3.05, 3.63) is 35.6 Å². The van der Waals surface area contributed by atoms with Gasteiger partial charge < -0.3 is 10.8 Å². The standard InChI is InChI=1S/C12H14F3NO/c13-9-4-2-1-3-7(9)11(16)8-5-12(14,15)6-10(8)17/h1-4,8,10-11,17H,5-6,16H2/t8-,10+,11+/m0/s1. The van der Waals surface area contributed by atoms with Gasteiger partial charge in [-0.3, -0.25) is 0 Å². The van der Waals surface area contributed by atoms with E-state index in [-0.39, 0.29) is 5.56 Å². The molecular weight excluding hydrogens is 231 g/mol. The number of halogens is 3. The molecule has 1 aromatic rings. The van der Waals surface area contributed by atoms with Gasteiger partial charge in [0.1, 0.15) is 5.82 Å². The van der Waals surface area contributed by atoms with E-state index in [1.165, 1.54) is 18.2 Å². The highest BCUT2D eigenvalue weighted by molar-refractivity contribution is 5.22. The van der Waals surface area contributed by atoms with Crippen LogP contribution in [0.2, 0.25) is 0 Å². The summed E-state index contributed by atoms with van der Waals surface area (Å²) in [6.07, 6.45) is -2.27. The van der Waals surface area contributed by atoms with Gasteiger partial charge in [0.05, 0.1) is 6.10 Å². The summed E-state index contributed by atoms with van der Waals surface area (Å²) in [4.78, 5) is 0. The van der Waals surface area contributed by atoms with Crippen molar-refractivity contribution >= 4 is 0 Å². The van der Waals surface area contributed by atoms with Crippen molar-refractivity contribution < 1.29 is 18.3 Å². The summed E-state index contributed by atoms with van der Waals surface area (Å²) in [5.41, 5.74) is 5.95. The first-order valence-corrected chi connectivity index (χ1v) is 5.46. The van der Waals surface area contributed by atoms with Gasteiger partial charge in [-0.2, -0.15) is 0 Å². The van der Waals surface area contributed by atoms with E-state index in [4.69, 9.17) is 5.73 Å². The molecule has 1 fully saturated rings. The van der Waals surface area contributed by atoms with E-state index in [0.29, 0.717) is 0 Å². The summed E-state index contributed by atoms with van der Waals surface area (Å²) in [6, 6.07) is 4.89. The molecule has 5 heteroatoms. The summed E-state index contributed by atoms with van der Waals surface area (Å²) < 4.78 is 39.7. The lowest BCUT2D eigenvalue weighted by atomic mass is 9.90. The Morgan fingerprint density at radius 3 is 2.47 bits per heavy atom. The maximum atomic E-state index is 13.5. The van der Waals surface area contributed by atoms with Crippen LogP contribution in [-0.2, 0) is 0 Å². The molecule has 2 nitrogen and oxygen atoms in total. The lowest BCUT2D eigenvalue weighted by Gasteiger charge is -2.22. The lowest BCUT2D eigenvalue weighted by Crippen LogP contribution is -2.28. The molecule has 0 aromatic heterocycles. The van der Waals surface area contributed by atoms with Crippen LogP contribution in [0.25, 0.3) is 0 Å².